The highest BCUT2D eigenvalue weighted by atomic mass is 16.2. The SMILES string of the molecule is Cc1cccc(N2C(=O)C[C@H](N3CCC(C(N)=O)CC3)C2=O)c1. The van der Waals surface area contributed by atoms with E-state index in [4.69, 9.17) is 5.73 Å². The van der Waals surface area contributed by atoms with Crippen LogP contribution in [-0.4, -0.2) is 41.8 Å². The second-order valence-corrected chi connectivity index (χ2v) is 6.34. The zero-order valence-corrected chi connectivity index (χ0v) is 13.2. The second-order valence-electron chi connectivity index (χ2n) is 6.34. The molecule has 122 valence electrons. The van der Waals surface area contributed by atoms with Crippen molar-refractivity contribution in [2.45, 2.75) is 32.2 Å². The van der Waals surface area contributed by atoms with E-state index in [1.807, 2.05) is 30.0 Å². The van der Waals surface area contributed by atoms with Crippen molar-refractivity contribution < 1.29 is 14.4 Å². The highest BCUT2D eigenvalue weighted by molar-refractivity contribution is 6.22. The standard InChI is InChI=1S/C17H21N3O3/c1-11-3-2-4-13(9-11)20-15(21)10-14(17(20)23)19-7-5-12(6-8-19)16(18)22/h2-4,9,12,14H,5-8,10H2,1H3,(H2,18,22)/t14-/m0/s1. The Morgan fingerprint density at radius 1 is 1.22 bits per heavy atom. The molecule has 0 saturated carbocycles. The maximum absolute atomic E-state index is 12.7. The molecule has 3 rings (SSSR count). The molecule has 6 nitrogen and oxygen atoms in total. The van der Waals surface area contributed by atoms with Crippen molar-refractivity contribution in [3.8, 4) is 0 Å². The Morgan fingerprint density at radius 2 is 1.91 bits per heavy atom. The zero-order valence-electron chi connectivity index (χ0n) is 13.2. The normalized spacial score (nSPS) is 23.5. The maximum Gasteiger partial charge on any atom is 0.251 e. The van der Waals surface area contributed by atoms with Gasteiger partial charge in [-0.15, -0.1) is 0 Å². The lowest BCUT2D eigenvalue weighted by molar-refractivity contribution is -0.124. The predicted octanol–water partition coefficient (Wildman–Crippen LogP) is 0.824. The van der Waals surface area contributed by atoms with Gasteiger partial charge in [-0.2, -0.15) is 0 Å². The van der Waals surface area contributed by atoms with Gasteiger partial charge in [-0.05, 0) is 50.6 Å². The van der Waals surface area contributed by atoms with E-state index in [-0.39, 0.29) is 30.1 Å². The number of hydrogen-bond donors (Lipinski definition) is 1. The van der Waals surface area contributed by atoms with Gasteiger partial charge in [-0.25, -0.2) is 4.90 Å². The summed E-state index contributed by atoms with van der Waals surface area (Å²) >= 11 is 0. The summed E-state index contributed by atoms with van der Waals surface area (Å²) in [6.45, 7) is 3.18. The molecule has 2 N–H and O–H groups in total. The summed E-state index contributed by atoms with van der Waals surface area (Å²) in [5.74, 6) is -0.730. The van der Waals surface area contributed by atoms with Gasteiger partial charge in [0.1, 0.15) is 0 Å². The van der Waals surface area contributed by atoms with E-state index >= 15 is 0 Å². The van der Waals surface area contributed by atoms with Gasteiger partial charge >= 0.3 is 0 Å². The summed E-state index contributed by atoms with van der Waals surface area (Å²) in [5, 5.41) is 0. The third kappa shape index (κ3) is 2.99. The third-order valence-corrected chi connectivity index (χ3v) is 4.76. The molecule has 0 unspecified atom stereocenters. The van der Waals surface area contributed by atoms with Gasteiger partial charge in [0.25, 0.3) is 5.91 Å². The molecular formula is C17H21N3O3. The molecule has 0 radical (unpaired) electrons. The van der Waals surface area contributed by atoms with Crippen LogP contribution in [0.25, 0.3) is 0 Å². The van der Waals surface area contributed by atoms with E-state index in [2.05, 4.69) is 0 Å². The maximum atomic E-state index is 12.7. The number of carbonyl (C=O) groups excluding carboxylic acids is 3. The highest BCUT2D eigenvalue weighted by Gasteiger charge is 2.43. The Hall–Kier alpha value is -2.21. The average Bonchev–Trinajstić information content (AvgIpc) is 2.82. The first-order chi connectivity index (χ1) is 11.0. The molecule has 2 fully saturated rings. The molecule has 1 aromatic carbocycles. The molecule has 2 heterocycles. The van der Waals surface area contributed by atoms with Gasteiger partial charge in [0.05, 0.1) is 18.2 Å². The van der Waals surface area contributed by atoms with Crippen LogP contribution in [0.5, 0.6) is 0 Å². The largest absolute Gasteiger partial charge is 0.369 e. The van der Waals surface area contributed by atoms with Gasteiger partial charge in [0, 0.05) is 5.92 Å². The molecule has 2 saturated heterocycles. The number of carbonyl (C=O) groups is 3. The Kier molecular flexibility index (Phi) is 4.17. The first-order valence-electron chi connectivity index (χ1n) is 7.94. The number of anilines is 1. The van der Waals surface area contributed by atoms with Crippen molar-refractivity contribution in [2.75, 3.05) is 18.0 Å². The fourth-order valence-corrected chi connectivity index (χ4v) is 3.44. The van der Waals surface area contributed by atoms with Crippen LogP contribution in [0.2, 0.25) is 0 Å². The minimum Gasteiger partial charge on any atom is -0.369 e. The number of nitrogens with zero attached hydrogens (tertiary/aromatic N) is 2. The first kappa shape index (κ1) is 15.7. The molecular weight excluding hydrogens is 294 g/mol. The summed E-state index contributed by atoms with van der Waals surface area (Å²) in [5.41, 5.74) is 6.98. The van der Waals surface area contributed by atoms with Crippen LogP contribution >= 0.6 is 0 Å². The van der Waals surface area contributed by atoms with Crippen molar-refractivity contribution in [1.29, 1.82) is 0 Å². The number of amides is 3. The molecule has 6 heteroatoms. The quantitative estimate of drug-likeness (QED) is 0.837. The zero-order chi connectivity index (χ0) is 16.6. The fraction of sp³-hybridized carbons (Fsp3) is 0.471. The predicted molar refractivity (Wildman–Crippen MR) is 85.6 cm³/mol. The number of nitrogens with two attached hydrogens (primary N) is 1. The molecule has 0 aliphatic carbocycles. The Balaban J connectivity index is 1.73. The minimum absolute atomic E-state index is 0.119. The number of hydrogen-bond acceptors (Lipinski definition) is 4. The molecule has 23 heavy (non-hydrogen) atoms. The van der Waals surface area contributed by atoms with Crippen LogP contribution in [-0.2, 0) is 14.4 Å². The minimum atomic E-state index is -0.420. The van der Waals surface area contributed by atoms with E-state index in [0.717, 1.165) is 5.56 Å². The Morgan fingerprint density at radius 3 is 2.52 bits per heavy atom. The number of rotatable bonds is 3. The van der Waals surface area contributed by atoms with E-state index in [9.17, 15) is 14.4 Å². The summed E-state index contributed by atoms with van der Waals surface area (Å²) in [6.07, 6.45) is 1.50. The Labute approximate surface area is 135 Å². The number of benzene rings is 1. The smallest absolute Gasteiger partial charge is 0.251 e. The van der Waals surface area contributed by atoms with Gasteiger partial charge in [0.15, 0.2) is 0 Å². The summed E-state index contributed by atoms with van der Waals surface area (Å²) in [7, 11) is 0. The van der Waals surface area contributed by atoms with Gasteiger partial charge in [-0.1, -0.05) is 12.1 Å². The average molecular weight is 315 g/mol. The molecule has 1 aromatic rings. The topological polar surface area (TPSA) is 83.7 Å². The van der Waals surface area contributed by atoms with E-state index in [1.54, 1.807) is 6.07 Å². The van der Waals surface area contributed by atoms with Crippen LogP contribution in [0.1, 0.15) is 24.8 Å². The lowest BCUT2D eigenvalue weighted by atomic mass is 9.95. The van der Waals surface area contributed by atoms with Crippen LogP contribution in [0.15, 0.2) is 24.3 Å². The number of likely N-dealkylation sites (tertiary alicyclic amines) is 1. The lowest BCUT2D eigenvalue weighted by Gasteiger charge is -2.33. The monoisotopic (exact) mass is 315 g/mol. The van der Waals surface area contributed by atoms with Crippen molar-refractivity contribution in [3.63, 3.8) is 0 Å². The molecule has 0 bridgehead atoms. The van der Waals surface area contributed by atoms with E-state index < -0.39 is 6.04 Å². The summed E-state index contributed by atoms with van der Waals surface area (Å²) in [4.78, 5) is 39.6. The Bertz CT molecular complexity index is 650. The van der Waals surface area contributed by atoms with Crippen molar-refractivity contribution in [1.82, 2.24) is 4.90 Å². The van der Waals surface area contributed by atoms with Crippen molar-refractivity contribution in [2.24, 2.45) is 11.7 Å². The van der Waals surface area contributed by atoms with E-state index in [1.165, 1.54) is 4.90 Å². The lowest BCUT2D eigenvalue weighted by Crippen LogP contribution is -2.47. The highest BCUT2D eigenvalue weighted by Crippen LogP contribution is 2.28. The van der Waals surface area contributed by atoms with Crippen LogP contribution in [0.4, 0.5) is 5.69 Å². The van der Waals surface area contributed by atoms with Gasteiger partial charge in [-0.3, -0.25) is 19.3 Å². The third-order valence-electron chi connectivity index (χ3n) is 4.76. The van der Waals surface area contributed by atoms with Crippen LogP contribution in [0.3, 0.4) is 0 Å². The van der Waals surface area contributed by atoms with Crippen LogP contribution in [0, 0.1) is 12.8 Å². The van der Waals surface area contributed by atoms with Crippen molar-refractivity contribution in [3.05, 3.63) is 29.8 Å². The molecule has 3 amide bonds. The molecule has 0 aromatic heterocycles. The summed E-state index contributed by atoms with van der Waals surface area (Å²) in [6, 6.07) is 6.98. The molecule has 2 aliphatic heterocycles. The number of aryl methyl sites for hydroxylation is 1. The number of imide groups is 1. The van der Waals surface area contributed by atoms with E-state index in [0.29, 0.717) is 31.6 Å². The molecule has 1 atom stereocenters. The van der Waals surface area contributed by atoms with Gasteiger partial charge in [0.2, 0.25) is 11.8 Å². The molecule has 0 spiro atoms. The molecule has 2 aliphatic rings. The second kappa shape index (κ2) is 6.12. The number of primary amides is 1. The number of piperidine rings is 1. The van der Waals surface area contributed by atoms with Crippen LogP contribution < -0.4 is 10.6 Å². The summed E-state index contributed by atoms with van der Waals surface area (Å²) < 4.78 is 0. The van der Waals surface area contributed by atoms with Crippen molar-refractivity contribution >= 4 is 23.4 Å². The fourth-order valence-electron chi connectivity index (χ4n) is 3.44. The van der Waals surface area contributed by atoms with Gasteiger partial charge < -0.3 is 5.73 Å². The first-order valence-corrected chi connectivity index (χ1v) is 7.94.